The number of anilines is 6. The van der Waals surface area contributed by atoms with Crippen LogP contribution in [0.1, 0.15) is 93.2 Å². The Morgan fingerprint density at radius 3 is 1.09 bits per heavy atom. The van der Waals surface area contributed by atoms with E-state index >= 15 is 0 Å². The number of nitrogens with zero attached hydrogens (tertiary/aromatic N) is 13. The molecule has 0 saturated heterocycles. The van der Waals surface area contributed by atoms with Gasteiger partial charge in [0.2, 0.25) is 5.95 Å². The lowest BCUT2D eigenvalue weighted by atomic mass is 9.96. The standard InChI is InChI=1S/C25H27N7O.C23H24N8O.C23H23N7O.3H2S/c1-4-27-22-9-8-17(14-30-22)21-12-23(32-15-31-21)29-13-16(2)18-6-5-7-19-20(25(33)26-3)10-11-28-24(18)19;1-14(16-5-4-6-17-18(22(32)24-2)7-8-26-21(16)17)10-27-20-9-19(30-13-31-20)15-11-28-23(25-3)29-12-15;1-14(16-4-3-5-17-18(23(31)25-2)8-9-26-22(16)17)11-28-21-10-19(29-13-30-21)15-6-7-20(24)27-12-15;;;/h5-12,14-16H,4,13H2,1-3H3,(H,26,33)(H,27,30)(H,29,31,32);4-9,11-14H,10H2,1-3H3,(H,24,32)(H,25,28,29)(H,27,30,31);3-10,12-14H,11H2,1-2H3,(H2,24,27)(H,25,31)(H,28,29,30);3*1H2/t16-;2*14-;;;/m111.../s1. The molecule has 0 saturated carbocycles. The molecule has 0 aliphatic heterocycles. The van der Waals surface area contributed by atoms with Crippen molar-refractivity contribution in [3.05, 3.63) is 211 Å². The summed E-state index contributed by atoms with van der Waals surface area (Å²) in [6, 6.07) is 36.3. The van der Waals surface area contributed by atoms with Gasteiger partial charge in [0.15, 0.2) is 0 Å². The van der Waals surface area contributed by atoms with Crippen LogP contribution in [-0.2, 0) is 0 Å². The van der Waals surface area contributed by atoms with Crippen LogP contribution in [0.2, 0.25) is 0 Å². The molecule has 10 N–H and O–H groups in total. The summed E-state index contributed by atoms with van der Waals surface area (Å²) >= 11 is 0. The molecule has 3 atom stereocenters. The summed E-state index contributed by atoms with van der Waals surface area (Å²) in [5.41, 5.74) is 18.1. The Bertz CT molecular complexity index is 4680. The van der Waals surface area contributed by atoms with Crippen molar-refractivity contribution in [2.24, 2.45) is 0 Å². The minimum Gasteiger partial charge on any atom is -0.384 e. The number of rotatable bonds is 21. The summed E-state index contributed by atoms with van der Waals surface area (Å²) in [5, 5.41) is 26.8. The summed E-state index contributed by atoms with van der Waals surface area (Å²) in [5.74, 6) is 4.05. The van der Waals surface area contributed by atoms with Crippen LogP contribution in [0.5, 0.6) is 0 Å². The normalized spacial score (nSPS) is 11.4. The number of aromatic nitrogens is 13. The first-order valence-corrected chi connectivity index (χ1v) is 31.2. The van der Waals surface area contributed by atoms with Crippen molar-refractivity contribution in [2.45, 2.75) is 45.4 Å². The van der Waals surface area contributed by atoms with E-state index in [4.69, 9.17) is 5.73 Å². The number of nitrogen functional groups attached to an aromatic ring is 1. The number of benzene rings is 3. The molecule has 28 heteroatoms. The SMILES string of the molecule is CCNc1ccc(-c2cc(NC[C@@H](C)c3cccc4c(C(=O)NC)ccnc34)ncn2)cn1.CNC(=O)c1ccnc2c([C@H](C)CNc3cc(-c4ccc(N)nc4)ncn3)cccc12.CNC(=O)c1ccnc2c([C@H](C)CNc3cc(-c4cnc(NC)nc4)ncn3)cccc12.S.S.S. The molecule has 0 aliphatic carbocycles. The van der Waals surface area contributed by atoms with Crippen LogP contribution in [0.25, 0.3) is 66.5 Å². The van der Waals surface area contributed by atoms with E-state index in [1.54, 1.807) is 102 Å². The van der Waals surface area contributed by atoms with Gasteiger partial charge in [-0.2, -0.15) is 40.5 Å². The lowest BCUT2D eigenvalue weighted by Crippen LogP contribution is -2.18. The van der Waals surface area contributed by atoms with Crippen molar-refractivity contribution in [3.8, 4) is 33.8 Å². The molecule has 25 nitrogen and oxygen atoms in total. The molecule has 12 aromatic rings. The topological polar surface area (TPSA) is 341 Å². The lowest BCUT2D eigenvalue weighted by molar-refractivity contribution is 0.0956. The summed E-state index contributed by atoms with van der Waals surface area (Å²) in [7, 11) is 6.66. The maximum atomic E-state index is 12.2. The average molecular weight is 1390 g/mol. The monoisotopic (exact) mass is 1380 g/mol. The number of nitrogens with two attached hydrogens (primary N) is 1. The molecule has 0 aliphatic rings. The molecule has 0 fully saturated rings. The van der Waals surface area contributed by atoms with Crippen LogP contribution < -0.4 is 48.3 Å². The molecule has 99 heavy (non-hydrogen) atoms. The summed E-state index contributed by atoms with van der Waals surface area (Å²) in [6.07, 6.45) is 16.6. The highest BCUT2D eigenvalue weighted by Gasteiger charge is 2.20. The van der Waals surface area contributed by atoms with Gasteiger partial charge in [0.25, 0.3) is 17.7 Å². The fourth-order valence-corrected chi connectivity index (χ4v) is 10.7. The molecule has 0 unspecified atom stereocenters. The average Bonchev–Trinajstić information content (AvgIpc) is 0.811. The van der Waals surface area contributed by atoms with Gasteiger partial charge in [-0.3, -0.25) is 29.3 Å². The number of hydrogen-bond donors (Lipinski definition) is 9. The number of fused-ring (bicyclic) bond motifs is 3. The summed E-state index contributed by atoms with van der Waals surface area (Å²) in [6.45, 7) is 11.1. The Balaban J connectivity index is 0.000000206. The second-order valence-corrected chi connectivity index (χ2v) is 22.2. The molecule has 0 spiro atoms. The van der Waals surface area contributed by atoms with Crippen molar-refractivity contribution in [3.63, 3.8) is 0 Å². The van der Waals surface area contributed by atoms with Crippen LogP contribution in [0.3, 0.4) is 0 Å². The highest BCUT2D eigenvalue weighted by Crippen LogP contribution is 2.31. The predicted molar refractivity (Wildman–Crippen MR) is 409 cm³/mol. The van der Waals surface area contributed by atoms with E-state index in [-0.39, 0.29) is 76.0 Å². The maximum Gasteiger partial charge on any atom is 0.251 e. The Hall–Kier alpha value is -11.2. The van der Waals surface area contributed by atoms with Gasteiger partial charge in [-0.15, -0.1) is 0 Å². The Morgan fingerprint density at radius 1 is 0.394 bits per heavy atom. The predicted octanol–water partition coefficient (Wildman–Crippen LogP) is 10.8. The van der Waals surface area contributed by atoms with Crippen molar-refractivity contribution in [1.29, 1.82) is 0 Å². The molecular weight excluding hydrogens is 1310 g/mol. The second kappa shape index (κ2) is 36.2. The molecule has 3 aromatic carbocycles. The van der Waals surface area contributed by atoms with Crippen LogP contribution >= 0.6 is 40.5 Å². The molecule has 0 bridgehead atoms. The third-order valence-electron chi connectivity index (χ3n) is 15.9. The third-order valence-corrected chi connectivity index (χ3v) is 15.9. The van der Waals surface area contributed by atoms with Crippen LogP contribution in [0.4, 0.5) is 35.0 Å². The van der Waals surface area contributed by atoms with Gasteiger partial charge in [0.1, 0.15) is 48.1 Å². The highest BCUT2D eigenvalue weighted by atomic mass is 32.1. The van der Waals surface area contributed by atoms with Gasteiger partial charge in [0.05, 0.1) is 50.3 Å². The van der Waals surface area contributed by atoms with Crippen molar-refractivity contribution >= 4 is 126 Å². The minimum absolute atomic E-state index is 0. The van der Waals surface area contributed by atoms with Gasteiger partial charge in [-0.25, -0.2) is 49.8 Å². The number of carbonyl (C=O) groups is 3. The van der Waals surface area contributed by atoms with E-state index in [9.17, 15) is 14.4 Å². The van der Waals surface area contributed by atoms with E-state index in [0.29, 0.717) is 59.7 Å². The van der Waals surface area contributed by atoms with E-state index in [1.165, 1.54) is 12.7 Å². The lowest BCUT2D eigenvalue weighted by Gasteiger charge is -2.16. The zero-order valence-corrected chi connectivity index (χ0v) is 58.9. The number of carbonyl (C=O) groups excluding carboxylic acids is 3. The summed E-state index contributed by atoms with van der Waals surface area (Å²) in [4.78, 5) is 93.4. The number of pyridine rings is 5. The third kappa shape index (κ3) is 18.7. The van der Waals surface area contributed by atoms with Crippen LogP contribution in [-0.4, -0.2) is 137 Å². The molecule has 510 valence electrons. The van der Waals surface area contributed by atoms with Gasteiger partial charge in [-0.05, 0) is 66.1 Å². The largest absolute Gasteiger partial charge is 0.384 e. The smallest absolute Gasteiger partial charge is 0.251 e. The van der Waals surface area contributed by atoms with Crippen LogP contribution in [0, 0.1) is 0 Å². The quantitative estimate of drug-likeness (QED) is 0.0323. The first kappa shape index (κ1) is 75.2. The maximum absolute atomic E-state index is 12.2. The molecular formula is C71H80N22O3S3. The highest BCUT2D eigenvalue weighted by molar-refractivity contribution is 7.59. The van der Waals surface area contributed by atoms with E-state index in [0.717, 1.165) is 101 Å². The molecule has 9 aromatic heterocycles. The molecule has 3 amide bonds. The van der Waals surface area contributed by atoms with Crippen LogP contribution in [0.15, 0.2) is 178 Å². The van der Waals surface area contributed by atoms with Crippen molar-refractivity contribution in [2.75, 3.05) is 86.7 Å². The number of amides is 3. The van der Waals surface area contributed by atoms with Gasteiger partial charge < -0.3 is 48.3 Å². The van der Waals surface area contributed by atoms with E-state index < -0.39 is 0 Å². The fraction of sp³-hybridized carbons (Fsp3) is 0.211. The van der Waals surface area contributed by atoms with E-state index in [2.05, 4.69) is 134 Å². The van der Waals surface area contributed by atoms with Gasteiger partial charge >= 0.3 is 0 Å². The number of para-hydroxylation sites is 3. The fourth-order valence-electron chi connectivity index (χ4n) is 10.7. The first-order chi connectivity index (χ1) is 46.8. The zero-order valence-electron chi connectivity index (χ0n) is 55.9. The minimum atomic E-state index is -0.124. The van der Waals surface area contributed by atoms with Crippen molar-refractivity contribution < 1.29 is 14.4 Å². The molecule has 9 heterocycles. The first-order valence-electron chi connectivity index (χ1n) is 31.2. The second-order valence-electron chi connectivity index (χ2n) is 22.2. The number of hydrogen-bond acceptors (Lipinski definition) is 22. The Labute approximate surface area is 594 Å². The molecule has 12 rings (SSSR count). The molecule has 0 radical (unpaired) electrons. The summed E-state index contributed by atoms with van der Waals surface area (Å²) < 4.78 is 0. The van der Waals surface area contributed by atoms with Gasteiger partial charge in [0, 0.05) is 167 Å². The Kier molecular flexibility index (Phi) is 27.5. The zero-order chi connectivity index (χ0) is 67.5. The van der Waals surface area contributed by atoms with Gasteiger partial charge in [-0.1, -0.05) is 75.4 Å². The number of nitrogens with one attached hydrogen (secondary N) is 8. The van der Waals surface area contributed by atoms with E-state index in [1.807, 2.05) is 91.9 Å². The Morgan fingerprint density at radius 2 is 0.758 bits per heavy atom. The van der Waals surface area contributed by atoms with Crippen molar-refractivity contribution in [1.82, 2.24) is 80.7 Å².